The molecule has 32 heavy (non-hydrogen) atoms. The van der Waals surface area contributed by atoms with Crippen LogP contribution < -0.4 is 10.2 Å². The predicted octanol–water partition coefficient (Wildman–Crippen LogP) is 2.52. The molecule has 1 unspecified atom stereocenters. The SMILES string of the molecule is CS(=O)(=O)N1CCCC(NC(=O)c2ccccc2SCC(=O)N2CCc3ccccc32)C1. The second-order valence-electron chi connectivity index (χ2n) is 8.14. The highest BCUT2D eigenvalue weighted by atomic mass is 32.2. The van der Waals surface area contributed by atoms with Gasteiger partial charge in [-0.05, 0) is 43.0 Å². The van der Waals surface area contributed by atoms with E-state index in [1.54, 1.807) is 12.1 Å². The van der Waals surface area contributed by atoms with Gasteiger partial charge in [0.15, 0.2) is 0 Å². The Morgan fingerprint density at radius 1 is 1.09 bits per heavy atom. The smallest absolute Gasteiger partial charge is 0.252 e. The molecule has 1 saturated heterocycles. The van der Waals surface area contributed by atoms with E-state index in [0.717, 1.165) is 23.4 Å². The maximum absolute atomic E-state index is 13.0. The van der Waals surface area contributed by atoms with Crippen molar-refractivity contribution in [2.45, 2.75) is 30.2 Å². The number of piperidine rings is 1. The molecule has 7 nitrogen and oxygen atoms in total. The highest BCUT2D eigenvalue weighted by Gasteiger charge is 2.28. The molecule has 0 aromatic heterocycles. The van der Waals surface area contributed by atoms with Crippen molar-refractivity contribution in [2.24, 2.45) is 0 Å². The van der Waals surface area contributed by atoms with Crippen LogP contribution in [-0.4, -0.2) is 62.2 Å². The second-order valence-corrected chi connectivity index (χ2v) is 11.1. The summed E-state index contributed by atoms with van der Waals surface area (Å²) in [6, 6.07) is 14.9. The van der Waals surface area contributed by atoms with Gasteiger partial charge >= 0.3 is 0 Å². The van der Waals surface area contributed by atoms with Crippen molar-refractivity contribution in [1.29, 1.82) is 0 Å². The third kappa shape index (κ3) is 5.16. The lowest BCUT2D eigenvalue weighted by Gasteiger charge is -2.31. The summed E-state index contributed by atoms with van der Waals surface area (Å²) in [5.74, 6) is 0.0165. The first kappa shape index (κ1) is 22.8. The van der Waals surface area contributed by atoms with Crippen LogP contribution in [0.15, 0.2) is 53.4 Å². The Hall–Kier alpha value is -2.36. The quantitative estimate of drug-likeness (QED) is 0.652. The van der Waals surface area contributed by atoms with E-state index in [1.807, 2.05) is 41.3 Å². The molecule has 1 N–H and O–H groups in total. The van der Waals surface area contributed by atoms with E-state index >= 15 is 0 Å². The lowest BCUT2D eigenvalue weighted by molar-refractivity contribution is -0.116. The molecule has 2 amide bonds. The van der Waals surface area contributed by atoms with Gasteiger partial charge in [-0.3, -0.25) is 9.59 Å². The van der Waals surface area contributed by atoms with Crippen molar-refractivity contribution in [1.82, 2.24) is 9.62 Å². The summed E-state index contributed by atoms with van der Waals surface area (Å²) in [6.45, 7) is 1.45. The van der Waals surface area contributed by atoms with E-state index in [0.29, 0.717) is 25.1 Å². The minimum Gasteiger partial charge on any atom is -0.348 e. The number of benzene rings is 2. The number of thioether (sulfide) groups is 1. The third-order valence-electron chi connectivity index (χ3n) is 5.86. The molecule has 2 aliphatic rings. The Balaban J connectivity index is 1.40. The molecule has 1 fully saturated rings. The first-order valence-electron chi connectivity index (χ1n) is 10.7. The molecule has 0 saturated carbocycles. The summed E-state index contributed by atoms with van der Waals surface area (Å²) in [5.41, 5.74) is 2.65. The number of sulfonamides is 1. The number of carbonyl (C=O) groups is 2. The number of rotatable bonds is 6. The average Bonchev–Trinajstić information content (AvgIpc) is 3.21. The van der Waals surface area contributed by atoms with Gasteiger partial charge < -0.3 is 10.2 Å². The number of anilines is 1. The Bertz CT molecular complexity index is 1120. The topological polar surface area (TPSA) is 86.8 Å². The van der Waals surface area contributed by atoms with Gasteiger partial charge in [0.05, 0.1) is 17.6 Å². The molecule has 0 aliphatic carbocycles. The van der Waals surface area contributed by atoms with Crippen LogP contribution >= 0.6 is 11.8 Å². The molecule has 170 valence electrons. The maximum Gasteiger partial charge on any atom is 0.252 e. The molecule has 1 atom stereocenters. The summed E-state index contributed by atoms with van der Waals surface area (Å²) >= 11 is 1.35. The number of nitrogens with zero attached hydrogens (tertiary/aromatic N) is 2. The molecule has 9 heteroatoms. The highest BCUT2D eigenvalue weighted by molar-refractivity contribution is 8.00. The first-order valence-corrected chi connectivity index (χ1v) is 13.5. The van der Waals surface area contributed by atoms with E-state index < -0.39 is 10.0 Å². The second kappa shape index (κ2) is 9.64. The molecule has 0 spiro atoms. The maximum atomic E-state index is 13.0. The number of carbonyl (C=O) groups excluding carboxylic acids is 2. The van der Waals surface area contributed by atoms with Gasteiger partial charge in [0, 0.05) is 36.3 Å². The molecule has 0 radical (unpaired) electrons. The van der Waals surface area contributed by atoms with E-state index in [1.165, 1.54) is 27.9 Å². The Labute approximate surface area is 193 Å². The number of hydrogen-bond acceptors (Lipinski definition) is 5. The van der Waals surface area contributed by atoms with Gasteiger partial charge in [-0.2, -0.15) is 0 Å². The molecule has 2 aromatic carbocycles. The highest BCUT2D eigenvalue weighted by Crippen LogP contribution is 2.30. The molecule has 2 heterocycles. The molecule has 2 aliphatic heterocycles. The zero-order valence-electron chi connectivity index (χ0n) is 18.0. The van der Waals surface area contributed by atoms with Crippen molar-refractivity contribution in [2.75, 3.05) is 36.5 Å². The minimum atomic E-state index is -3.28. The summed E-state index contributed by atoms with van der Waals surface area (Å²) in [7, 11) is -3.28. The van der Waals surface area contributed by atoms with Crippen LogP contribution in [0.25, 0.3) is 0 Å². The zero-order valence-corrected chi connectivity index (χ0v) is 19.6. The van der Waals surface area contributed by atoms with Crippen LogP contribution in [0.2, 0.25) is 0 Å². The molecular formula is C23H27N3O4S2. The van der Waals surface area contributed by atoms with Crippen molar-refractivity contribution >= 4 is 39.3 Å². The van der Waals surface area contributed by atoms with Crippen LogP contribution in [0.3, 0.4) is 0 Å². The molecular weight excluding hydrogens is 446 g/mol. The van der Waals surface area contributed by atoms with Crippen molar-refractivity contribution < 1.29 is 18.0 Å². The standard InChI is InChI=1S/C23H27N3O4S2/c1-32(29,30)25-13-6-8-18(15-25)24-23(28)19-9-3-5-11-21(19)31-16-22(27)26-14-12-17-7-2-4-10-20(17)26/h2-5,7,9-11,18H,6,8,12-16H2,1H3,(H,24,28). The van der Waals surface area contributed by atoms with Crippen LogP contribution in [-0.2, 0) is 21.2 Å². The van der Waals surface area contributed by atoms with E-state index in [-0.39, 0.29) is 30.2 Å². The van der Waals surface area contributed by atoms with Crippen LogP contribution in [0.4, 0.5) is 5.69 Å². The van der Waals surface area contributed by atoms with E-state index in [4.69, 9.17) is 0 Å². The lowest BCUT2D eigenvalue weighted by atomic mass is 10.1. The van der Waals surface area contributed by atoms with Crippen LogP contribution in [0.1, 0.15) is 28.8 Å². The van der Waals surface area contributed by atoms with Gasteiger partial charge in [0.25, 0.3) is 5.91 Å². The molecule has 2 aromatic rings. The van der Waals surface area contributed by atoms with Crippen molar-refractivity contribution in [3.8, 4) is 0 Å². The minimum absolute atomic E-state index is 0.0197. The predicted molar refractivity (Wildman–Crippen MR) is 127 cm³/mol. The monoisotopic (exact) mass is 473 g/mol. The fraction of sp³-hybridized carbons (Fsp3) is 0.391. The fourth-order valence-electron chi connectivity index (χ4n) is 4.22. The number of nitrogens with one attached hydrogen (secondary N) is 1. The van der Waals surface area contributed by atoms with Crippen molar-refractivity contribution in [3.63, 3.8) is 0 Å². The summed E-state index contributed by atoms with van der Waals surface area (Å²) in [5, 5.41) is 2.98. The normalized spacial score (nSPS) is 18.9. The van der Waals surface area contributed by atoms with Crippen molar-refractivity contribution in [3.05, 3.63) is 59.7 Å². The summed E-state index contributed by atoms with van der Waals surface area (Å²) < 4.78 is 25.1. The van der Waals surface area contributed by atoms with E-state index in [9.17, 15) is 18.0 Å². The van der Waals surface area contributed by atoms with Gasteiger partial charge in [-0.15, -0.1) is 11.8 Å². The fourth-order valence-corrected chi connectivity index (χ4v) is 6.06. The Kier molecular flexibility index (Phi) is 6.88. The number of para-hydroxylation sites is 1. The Morgan fingerprint density at radius 2 is 1.84 bits per heavy atom. The number of fused-ring (bicyclic) bond motifs is 1. The summed E-state index contributed by atoms with van der Waals surface area (Å²) in [6.07, 6.45) is 3.50. The van der Waals surface area contributed by atoms with Gasteiger partial charge in [-0.25, -0.2) is 12.7 Å². The van der Waals surface area contributed by atoms with Gasteiger partial charge in [0.2, 0.25) is 15.9 Å². The largest absolute Gasteiger partial charge is 0.348 e. The van der Waals surface area contributed by atoms with Gasteiger partial charge in [0.1, 0.15) is 0 Å². The zero-order chi connectivity index (χ0) is 22.7. The molecule has 4 rings (SSSR count). The first-order chi connectivity index (χ1) is 15.3. The number of amides is 2. The number of hydrogen-bond donors (Lipinski definition) is 1. The molecule has 0 bridgehead atoms. The van der Waals surface area contributed by atoms with Crippen LogP contribution in [0.5, 0.6) is 0 Å². The third-order valence-corrected chi connectivity index (χ3v) is 8.19. The lowest BCUT2D eigenvalue weighted by Crippen LogP contribution is -2.49. The average molecular weight is 474 g/mol. The van der Waals surface area contributed by atoms with E-state index in [2.05, 4.69) is 5.32 Å². The van der Waals surface area contributed by atoms with Crippen LogP contribution in [0, 0.1) is 0 Å². The summed E-state index contributed by atoms with van der Waals surface area (Å²) in [4.78, 5) is 28.4. The Morgan fingerprint density at radius 3 is 2.66 bits per heavy atom. The van der Waals surface area contributed by atoms with Gasteiger partial charge in [-0.1, -0.05) is 30.3 Å².